The Morgan fingerprint density at radius 2 is 2.11 bits per heavy atom. The molecule has 4 nitrogen and oxygen atoms in total. The number of hydrogen-bond donors (Lipinski definition) is 1. The smallest absolute Gasteiger partial charge is 0.224 e. The van der Waals surface area contributed by atoms with Crippen molar-refractivity contribution in [3.05, 3.63) is 0 Å². The van der Waals surface area contributed by atoms with E-state index in [9.17, 15) is 4.79 Å². The van der Waals surface area contributed by atoms with Crippen molar-refractivity contribution in [2.24, 2.45) is 5.92 Å². The van der Waals surface area contributed by atoms with Crippen LogP contribution in [-0.4, -0.2) is 61.0 Å². The summed E-state index contributed by atoms with van der Waals surface area (Å²) in [6.45, 7) is 8.30. The fraction of sp³-hybridized carbons (Fsp3) is 0.929. The number of likely N-dealkylation sites (N-methyl/N-ethyl adjacent to an activating group) is 1. The van der Waals surface area contributed by atoms with Gasteiger partial charge in [0.05, 0.1) is 0 Å². The average Bonchev–Trinajstić information content (AvgIpc) is 2.35. The minimum absolute atomic E-state index is 0.334. The molecule has 2 aliphatic heterocycles. The van der Waals surface area contributed by atoms with Gasteiger partial charge in [0.15, 0.2) is 0 Å². The zero-order valence-corrected chi connectivity index (χ0v) is 12.0. The van der Waals surface area contributed by atoms with Crippen LogP contribution < -0.4 is 5.32 Å². The monoisotopic (exact) mass is 253 g/mol. The Morgan fingerprint density at radius 1 is 1.33 bits per heavy atom. The molecule has 3 atom stereocenters. The van der Waals surface area contributed by atoms with E-state index in [0.717, 1.165) is 26.2 Å². The van der Waals surface area contributed by atoms with E-state index in [0.29, 0.717) is 30.3 Å². The highest BCUT2D eigenvalue weighted by molar-refractivity contribution is 5.77. The molecular weight excluding hydrogens is 226 g/mol. The summed E-state index contributed by atoms with van der Waals surface area (Å²) in [5.74, 6) is 0.966. The van der Waals surface area contributed by atoms with Crippen LogP contribution in [0.4, 0.5) is 0 Å². The van der Waals surface area contributed by atoms with Crippen LogP contribution in [0.25, 0.3) is 0 Å². The maximum absolute atomic E-state index is 12.3. The predicted molar refractivity (Wildman–Crippen MR) is 73.5 cm³/mol. The summed E-state index contributed by atoms with van der Waals surface area (Å²) in [7, 11) is 2.14. The number of nitrogens with one attached hydrogen (secondary N) is 1. The molecule has 1 amide bonds. The van der Waals surface area contributed by atoms with Crippen molar-refractivity contribution in [3.8, 4) is 0 Å². The second-order valence-corrected chi connectivity index (χ2v) is 6.05. The Kier molecular flexibility index (Phi) is 4.62. The Labute approximate surface area is 111 Å². The van der Waals surface area contributed by atoms with Crippen LogP contribution in [-0.2, 0) is 4.79 Å². The fourth-order valence-electron chi connectivity index (χ4n) is 2.98. The highest BCUT2D eigenvalue weighted by Crippen LogP contribution is 2.19. The summed E-state index contributed by atoms with van der Waals surface area (Å²) >= 11 is 0. The number of nitrogens with zero attached hydrogens (tertiary/aromatic N) is 2. The molecule has 2 heterocycles. The van der Waals surface area contributed by atoms with E-state index >= 15 is 0 Å². The maximum Gasteiger partial charge on any atom is 0.224 e. The molecule has 2 fully saturated rings. The topological polar surface area (TPSA) is 35.6 Å². The minimum atomic E-state index is 0.334. The van der Waals surface area contributed by atoms with Crippen LogP contribution in [0.1, 0.15) is 33.1 Å². The molecule has 0 spiro atoms. The molecular formula is C14H27N3O. The van der Waals surface area contributed by atoms with Gasteiger partial charge in [0.2, 0.25) is 5.91 Å². The van der Waals surface area contributed by atoms with Gasteiger partial charge < -0.3 is 15.1 Å². The number of piperazine rings is 1. The maximum atomic E-state index is 12.3. The van der Waals surface area contributed by atoms with Crippen molar-refractivity contribution in [2.75, 3.05) is 33.2 Å². The largest absolute Gasteiger partial charge is 0.340 e. The summed E-state index contributed by atoms with van der Waals surface area (Å²) in [5, 5.41) is 3.50. The van der Waals surface area contributed by atoms with Crippen LogP contribution >= 0.6 is 0 Å². The van der Waals surface area contributed by atoms with Gasteiger partial charge in [0.25, 0.3) is 0 Å². The highest BCUT2D eigenvalue weighted by atomic mass is 16.2. The minimum Gasteiger partial charge on any atom is -0.340 e. The van der Waals surface area contributed by atoms with Crippen molar-refractivity contribution in [3.63, 3.8) is 0 Å². The summed E-state index contributed by atoms with van der Waals surface area (Å²) in [5.41, 5.74) is 0. The first-order valence-corrected chi connectivity index (χ1v) is 7.29. The summed E-state index contributed by atoms with van der Waals surface area (Å²) in [6.07, 6.45) is 3.18. The molecule has 0 bridgehead atoms. The third kappa shape index (κ3) is 3.23. The Balaban J connectivity index is 1.84. The molecule has 3 unspecified atom stereocenters. The lowest BCUT2D eigenvalue weighted by Crippen LogP contribution is -2.53. The lowest BCUT2D eigenvalue weighted by molar-refractivity contribution is -0.134. The van der Waals surface area contributed by atoms with E-state index in [1.807, 2.05) is 4.90 Å². The third-order valence-corrected chi connectivity index (χ3v) is 4.64. The molecule has 0 aliphatic carbocycles. The zero-order valence-electron chi connectivity index (χ0n) is 12.0. The molecule has 0 aromatic rings. The number of carbonyl (C=O) groups excluding carboxylic acids is 1. The lowest BCUT2D eigenvalue weighted by Gasteiger charge is -2.39. The molecule has 0 saturated carbocycles. The van der Waals surface area contributed by atoms with Gasteiger partial charge in [-0.1, -0.05) is 6.92 Å². The average molecular weight is 253 g/mol. The summed E-state index contributed by atoms with van der Waals surface area (Å²) in [4.78, 5) is 16.7. The molecule has 104 valence electrons. The van der Waals surface area contributed by atoms with Crippen molar-refractivity contribution >= 4 is 5.91 Å². The second kappa shape index (κ2) is 6.02. The van der Waals surface area contributed by atoms with Crippen molar-refractivity contribution in [2.45, 2.75) is 45.2 Å². The van der Waals surface area contributed by atoms with Crippen LogP contribution in [0.2, 0.25) is 0 Å². The van der Waals surface area contributed by atoms with Gasteiger partial charge in [0, 0.05) is 38.1 Å². The van der Waals surface area contributed by atoms with Crippen molar-refractivity contribution in [1.82, 2.24) is 15.1 Å². The van der Waals surface area contributed by atoms with E-state index in [2.05, 4.69) is 31.1 Å². The molecule has 2 saturated heterocycles. The van der Waals surface area contributed by atoms with Crippen molar-refractivity contribution < 1.29 is 4.79 Å². The molecule has 18 heavy (non-hydrogen) atoms. The van der Waals surface area contributed by atoms with Gasteiger partial charge in [0.1, 0.15) is 0 Å². The van der Waals surface area contributed by atoms with Crippen molar-refractivity contribution in [1.29, 1.82) is 0 Å². The number of rotatable bonds is 2. The van der Waals surface area contributed by atoms with Crippen LogP contribution in [0.15, 0.2) is 0 Å². The van der Waals surface area contributed by atoms with Gasteiger partial charge in [-0.15, -0.1) is 0 Å². The van der Waals surface area contributed by atoms with Gasteiger partial charge >= 0.3 is 0 Å². The van der Waals surface area contributed by atoms with Crippen LogP contribution in [0.5, 0.6) is 0 Å². The Bertz CT molecular complexity index is 295. The van der Waals surface area contributed by atoms with E-state index in [-0.39, 0.29) is 0 Å². The number of carbonyl (C=O) groups is 1. The predicted octanol–water partition coefficient (Wildman–Crippen LogP) is 0.927. The fourth-order valence-corrected chi connectivity index (χ4v) is 2.98. The van der Waals surface area contributed by atoms with E-state index in [1.54, 1.807) is 0 Å². The van der Waals surface area contributed by atoms with Crippen LogP contribution in [0, 0.1) is 5.92 Å². The van der Waals surface area contributed by atoms with Gasteiger partial charge in [-0.25, -0.2) is 0 Å². The number of piperidine rings is 1. The first-order valence-electron chi connectivity index (χ1n) is 7.29. The van der Waals surface area contributed by atoms with Crippen LogP contribution in [0.3, 0.4) is 0 Å². The van der Waals surface area contributed by atoms with Gasteiger partial charge in [-0.3, -0.25) is 4.79 Å². The quantitative estimate of drug-likeness (QED) is 0.795. The summed E-state index contributed by atoms with van der Waals surface area (Å²) in [6, 6.07) is 0.876. The summed E-state index contributed by atoms with van der Waals surface area (Å²) < 4.78 is 0. The van der Waals surface area contributed by atoms with E-state index in [1.165, 1.54) is 12.8 Å². The number of hydrogen-bond acceptors (Lipinski definition) is 3. The van der Waals surface area contributed by atoms with Gasteiger partial charge in [-0.2, -0.15) is 0 Å². The second-order valence-electron chi connectivity index (χ2n) is 6.05. The molecule has 4 heteroatoms. The molecule has 0 radical (unpaired) electrons. The highest BCUT2D eigenvalue weighted by Gasteiger charge is 2.28. The Morgan fingerprint density at radius 3 is 2.78 bits per heavy atom. The Hall–Kier alpha value is -0.610. The normalized spacial score (nSPS) is 34.6. The SMILES string of the molecule is CC1CCCNC1CC(=O)N1CCN(C)C(C)C1. The molecule has 1 N–H and O–H groups in total. The molecule has 2 aliphatic rings. The third-order valence-electron chi connectivity index (χ3n) is 4.64. The molecule has 0 aromatic heterocycles. The van der Waals surface area contributed by atoms with Gasteiger partial charge in [-0.05, 0) is 39.3 Å². The standard InChI is InChI=1S/C14H27N3O/c1-11-5-4-6-15-13(11)9-14(18)17-8-7-16(3)12(2)10-17/h11-13,15H,4-10H2,1-3H3. The first-order chi connectivity index (χ1) is 8.58. The molecule has 2 rings (SSSR count). The van der Waals surface area contributed by atoms with E-state index in [4.69, 9.17) is 0 Å². The molecule has 0 aromatic carbocycles. The van der Waals surface area contributed by atoms with E-state index < -0.39 is 0 Å². The first kappa shape index (κ1) is 13.8. The lowest BCUT2D eigenvalue weighted by atomic mass is 9.90. The number of amides is 1. The zero-order chi connectivity index (χ0) is 13.1.